The molecule has 0 aromatic heterocycles. The number of hydrogen-bond acceptors (Lipinski definition) is 5. The highest BCUT2D eigenvalue weighted by Gasteiger charge is 2.33. The molecule has 0 aliphatic rings. The summed E-state index contributed by atoms with van der Waals surface area (Å²) in [4.78, 5) is 29.4. The van der Waals surface area contributed by atoms with Crippen LogP contribution in [0.15, 0.2) is 109 Å². The van der Waals surface area contributed by atoms with Gasteiger partial charge in [-0.1, -0.05) is 98.2 Å². The lowest BCUT2D eigenvalue weighted by molar-refractivity contribution is -0.140. The van der Waals surface area contributed by atoms with Crippen LogP contribution in [0.1, 0.15) is 30.5 Å². The number of carbonyl (C=O) groups is 2. The summed E-state index contributed by atoms with van der Waals surface area (Å²) in [7, 11) is -3.89. The summed E-state index contributed by atoms with van der Waals surface area (Å²) >= 11 is 6.12. The fourth-order valence-electron chi connectivity index (χ4n) is 4.83. The number of nitrogens with one attached hydrogen (secondary N) is 1. The van der Waals surface area contributed by atoms with Gasteiger partial charge in [0.05, 0.1) is 11.9 Å². The summed E-state index contributed by atoms with van der Waals surface area (Å²) in [5.74, 6) is -0.0836. The second kappa shape index (κ2) is 16.3. The number of halogens is 1. The smallest absolute Gasteiger partial charge is 0.244 e. The van der Waals surface area contributed by atoms with Crippen molar-refractivity contribution in [1.82, 2.24) is 10.2 Å². The van der Waals surface area contributed by atoms with Crippen molar-refractivity contribution in [3.8, 4) is 5.75 Å². The summed E-state index contributed by atoms with van der Waals surface area (Å²) in [6.45, 7) is 4.35. The van der Waals surface area contributed by atoms with Crippen LogP contribution in [0.25, 0.3) is 0 Å². The molecule has 0 heterocycles. The molecule has 2 amide bonds. The van der Waals surface area contributed by atoms with E-state index in [0.29, 0.717) is 29.6 Å². The third-order valence-electron chi connectivity index (χ3n) is 7.27. The predicted molar refractivity (Wildman–Crippen MR) is 183 cm³/mol. The summed E-state index contributed by atoms with van der Waals surface area (Å²) in [5.41, 5.74) is 2.92. The fourth-order valence-corrected chi connectivity index (χ4v) is 5.80. The highest BCUT2D eigenvalue weighted by atomic mass is 35.5. The van der Waals surface area contributed by atoms with Gasteiger partial charge in [0.15, 0.2) is 0 Å². The zero-order valence-corrected chi connectivity index (χ0v) is 27.9. The minimum Gasteiger partial charge on any atom is -0.489 e. The van der Waals surface area contributed by atoms with Gasteiger partial charge >= 0.3 is 0 Å². The van der Waals surface area contributed by atoms with Gasteiger partial charge in [-0.05, 0) is 59.0 Å². The summed E-state index contributed by atoms with van der Waals surface area (Å²) in [5, 5.41) is 3.52. The molecule has 4 aromatic carbocycles. The Morgan fingerprint density at radius 1 is 0.804 bits per heavy atom. The van der Waals surface area contributed by atoms with Crippen molar-refractivity contribution in [3.05, 3.63) is 131 Å². The maximum Gasteiger partial charge on any atom is 0.244 e. The van der Waals surface area contributed by atoms with Gasteiger partial charge in [-0.2, -0.15) is 0 Å². The summed E-state index contributed by atoms with van der Waals surface area (Å²) in [6.07, 6.45) is 1.30. The van der Waals surface area contributed by atoms with Crippen LogP contribution in [-0.2, 0) is 39.2 Å². The Balaban J connectivity index is 1.63. The Morgan fingerprint density at radius 3 is 1.96 bits per heavy atom. The number of nitrogens with zero attached hydrogens (tertiary/aromatic N) is 2. The van der Waals surface area contributed by atoms with Crippen molar-refractivity contribution in [3.63, 3.8) is 0 Å². The summed E-state index contributed by atoms with van der Waals surface area (Å²) < 4.78 is 33.1. The molecule has 0 saturated carbocycles. The van der Waals surface area contributed by atoms with Crippen LogP contribution in [0.4, 0.5) is 5.69 Å². The van der Waals surface area contributed by atoms with E-state index in [2.05, 4.69) is 5.32 Å². The lowest BCUT2D eigenvalue weighted by Gasteiger charge is -2.33. The van der Waals surface area contributed by atoms with E-state index in [1.807, 2.05) is 74.5 Å². The number of amides is 2. The molecule has 4 aromatic rings. The average molecular weight is 662 g/mol. The molecule has 10 heteroatoms. The second-order valence-electron chi connectivity index (χ2n) is 11.5. The molecule has 0 bridgehead atoms. The van der Waals surface area contributed by atoms with Gasteiger partial charge in [-0.25, -0.2) is 8.42 Å². The molecule has 0 saturated heterocycles. The number of carbonyl (C=O) groups excluding carboxylic acids is 2. The van der Waals surface area contributed by atoms with Crippen LogP contribution in [0.3, 0.4) is 0 Å². The van der Waals surface area contributed by atoms with Gasteiger partial charge in [0.1, 0.15) is 24.9 Å². The van der Waals surface area contributed by atoms with Gasteiger partial charge < -0.3 is 15.0 Å². The van der Waals surface area contributed by atoms with Crippen LogP contribution < -0.4 is 14.4 Å². The maximum absolute atomic E-state index is 14.2. The van der Waals surface area contributed by atoms with Gasteiger partial charge in [-0.3, -0.25) is 13.9 Å². The Hall–Kier alpha value is -4.34. The van der Waals surface area contributed by atoms with Crippen molar-refractivity contribution in [2.24, 2.45) is 5.92 Å². The topological polar surface area (TPSA) is 96.0 Å². The molecule has 0 aliphatic carbocycles. The van der Waals surface area contributed by atoms with E-state index in [9.17, 15) is 18.0 Å². The molecule has 0 spiro atoms. The van der Waals surface area contributed by atoms with Gasteiger partial charge in [0.2, 0.25) is 21.8 Å². The quantitative estimate of drug-likeness (QED) is 0.166. The van der Waals surface area contributed by atoms with Crippen LogP contribution in [-0.4, -0.2) is 50.5 Å². The third-order valence-corrected chi connectivity index (χ3v) is 8.67. The number of hydrogen-bond donors (Lipinski definition) is 1. The molecule has 1 atom stereocenters. The number of anilines is 1. The SMILES string of the molecule is CC(C)CNC(=O)[C@@H](Cc1ccccc1)N(Cc1ccc(Cl)cc1)C(=O)CN(c1ccc(OCc2ccccc2)cc1)S(C)(=O)=O. The highest BCUT2D eigenvalue weighted by molar-refractivity contribution is 7.92. The van der Waals surface area contributed by atoms with Crippen LogP contribution in [0.5, 0.6) is 5.75 Å². The van der Waals surface area contributed by atoms with E-state index in [0.717, 1.165) is 27.3 Å². The number of sulfonamides is 1. The van der Waals surface area contributed by atoms with Crippen LogP contribution in [0, 0.1) is 5.92 Å². The van der Waals surface area contributed by atoms with E-state index in [-0.39, 0.29) is 24.8 Å². The molecule has 0 radical (unpaired) electrons. The average Bonchev–Trinajstić information content (AvgIpc) is 3.04. The first-order chi connectivity index (χ1) is 22.0. The molecule has 1 N–H and O–H groups in total. The Bertz CT molecular complexity index is 1670. The fraction of sp³-hybridized carbons (Fsp3) is 0.278. The predicted octanol–water partition coefficient (Wildman–Crippen LogP) is 6.10. The third kappa shape index (κ3) is 10.4. The molecule has 8 nitrogen and oxygen atoms in total. The second-order valence-corrected chi connectivity index (χ2v) is 13.9. The molecule has 0 aliphatic heterocycles. The lowest BCUT2D eigenvalue weighted by atomic mass is 10.0. The lowest BCUT2D eigenvalue weighted by Crippen LogP contribution is -2.53. The summed E-state index contributed by atoms with van der Waals surface area (Å²) in [6, 6.07) is 31.8. The first-order valence-corrected chi connectivity index (χ1v) is 17.3. The molecular weight excluding hydrogens is 622 g/mol. The number of benzene rings is 4. The maximum atomic E-state index is 14.2. The van der Waals surface area contributed by atoms with E-state index >= 15 is 0 Å². The van der Waals surface area contributed by atoms with Crippen molar-refractivity contribution in [2.45, 2.75) is 39.5 Å². The van der Waals surface area contributed by atoms with Crippen molar-refractivity contribution >= 4 is 39.1 Å². The van der Waals surface area contributed by atoms with Crippen molar-refractivity contribution < 1.29 is 22.7 Å². The normalized spacial score (nSPS) is 11.9. The Morgan fingerprint density at radius 2 is 1.39 bits per heavy atom. The minimum absolute atomic E-state index is 0.0759. The molecule has 46 heavy (non-hydrogen) atoms. The molecule has 242 valence electrons. The number of ether oxygens (including phenoxy) is 1. The van der Waals surface area contributed by atoms with E-state index < -0.39 is 28.5 Å². The zero-order valence-electron chi connectivity index (χ0n) is 26.3. The monoisotopic (exact) mass is 661 g/mol. The van der Waals surface area contributed by atoms with E-state index in [1.165, 1.54) is 4.90 Å². The van der Waals surface area contributed by atoms with Gasteiger partial charge in [-0.15, -0.1) is 0 Å². The molecule has 0 unspecified atom stereocenters. The minimum atomic E-state index is -3.89. The zero-order chi connectivity index (χ0) is 33.1. The Labute approximate surface area is 277 Å². The Kier molecular flexibility index (Phi) is 12.2. The standard InChI is InChI=1S/C36H40ClN3O5S/c1-27(2)23-38-36(42)34(22-28-10-6-4-7-11-28)39(24-29-14-16-31(37)17-15-29)35(41)25-40(46(3,43)44)32-18-20-33(21-19-32)45-26-30-12-8-5-9-13-30/h4-21,27,34H,22-26H2,1-3H3,(H,38,42)/t34-/m1/s1. The van der Waals surface area contributed by atoms with Crippen LogP contribution in [0.2, 0.25) is 5.02 Å². The van der Waals surface area contributed by atoms with Crippen LogP contribution >= 0.6 is 11.6 Å². The van der Waals surface area contributed by atoms with Gasteiger partial charge in [0, 0.05) is 24.5 Å². The largest absolute Gasteiger partial charge is 0.489 e. The first-order valence-electron chi connectivity index (χ1n) is 15.1. The molecular formula is C36H40ClN3O5S. The molecule has 4 rings (SSSR count). The first kappa shape index (κ1) is 34.5. The van der Waals surface area contributed by atoms with Crippen molar-refractivity contribution in [1.29, 1.82) is 0 Å². The molecule has 0 fully saturated rings. The van der Waals surface area contributed by atoms with E-state index in [4.69, 9.17) is 16.3 Å². The number of rotatable bonds is 15. The van der Waals surface area contributed by atoms with Gasteiger partial charge in [0.25, 0.3) is 0 Å². The highest BCUT2D eigenvalue weighted by Crippen LogP contribution is 2.24. The van der Waals surface area contributed by atoms with E-state index in [1.54, 1.807) is 48.5 Å². The van der Waals surface area contributed by atoms with Crippen molar-refractivity contribution in [2.75, 3.05) is 23.7 Å².